The van der Waals surface area contributed by atoms with Crippen molar-refractivity contribution in [1.82, 2.24) is 0 Å². The van der Waals surface area contributed by atoms with Crippen molar-refractivity contribution < 1.29 is 23.2 Å². The van der Waals surface area contributed by atoms with Crippen molar-refractivity contribution >= 4 is 23.0 Å². The van der Waals surface area contributed by atoms with Gasteiger partial charge in [-0.2, -0.15) is 8.78 Å². The minimum Gasteiger partial charge on any atom is -0.435 e. The Morgan fingerprint density at radius 2 is 1.92 bits per heavy atom. The van der Waals surface area contributed by atoms with E-state index >= 15 is 0 Å². The van der Waals surface area contributed by atoms with Crippen LogP contribution in [0.1, 0.15) is 5.56 Å². The van der Waals surface area contributed by atoms with Crippen LogP contribution in [0.5, 0.6) is 5.75 Å². The van der Waals surface area contributed by atoms with Crippen molar-refractivity contribution in [3.8, 4) is 5.75 Å². The minimum absolute atomic E-state index is 0.0154. The largest absolute Gasteiger partial charge is 0.435 e. The molecule has 0 atom stereocenters. The van der Waals surface area contributed by atoms with Crippen molar-refractivity contribution in [3.63, 3.8) is 0 Å². The quantitative estimate of drug-likeness (QED) is 0.588. The first-order valence-corrected chi connectivity index (χ1v) is 7.19. The number of rotatable bonds is 7. The van der Waals surface area contributed by atoms with Crippen LogP contribution >= 0.6 is 0 Å². The molecule has 0 aromatic heterocycles. The zero-order valence-electron chi connectivity index (χ0n) is 13.2. The highest BCUT2D eigenvalue weighted by Gasteiger charge is 2.13. The number of anilines is 2. The number of alkyl halides is 2. The molecule has 2 rings (SSSR count). The summed E-state index contributed by atoms with van der Waals surface area (Å²) in [5.74, 6) is -0.410. The molecule has 0 aliphatic heterocycles. The summed E-state index contributed by atoms with van der Waals surface area (Å²) < 4.78 is 28.3. The molecule has 0 fully saturated rings. The number of nitrogens with one attached hydrogen (secondary N) is 2. The summed E-state index contributed by atoms with van der Waals surface area (Å²) >= 11 is 0. The Morgan fingerprint density at radius 3 is 2.52 bits per heavy atom. The van der Waals surface area contributed by atoms with Gasteiger partial charge in [-0.15, -0.1) is 0 Å². The van der Waals surface area contributed by atoms with Gasteiger partial charge in [0.05, 0.1) is 11.5 Å². The highest BCUT2D eigenvalue weighted by atomic mass is 19.3. The van der Waals surface area contributed by atoms with Crippen molar-refractivity contribution in [2.75, 3.05) is 17.2 Å². The van der Waals surface area contributed by atoms with E-state index in [1.54, 1.807) is 13.0 Å². The van der Waals surface area contributed by atoms with Gasteiger partial charge in [0.15, 0.2) is 0 Å². The second kappa shape index (κ2) is 8.04. The molecule has 0 unspecified atom stereocenters. The fraction of sp³-hybridized carbons (Fsp3) is 0.188. The second-order valence-corrected chi connectivity index (χ2v) is 5.01. The lowest BCUT2D eigenvalue weighted by Gasteiger charge is -2.10. The Bertz CT molecular complexity index is 766. The molecule has 0 saturated carbocycles. The summed E-state index contributed by atoms with van der Waals surface area (Å²) in [5, 5.41) is 16.3. The maximum absolute atomic E-state index is 12.1. The van der Waals surface area contributed by atoms with Crippen LogP contribution in [0.3, 0.4) is 0 Å². The molecule has 9 heteroatoms. The van der Waals surface area contributed by atoms with Gasteiger partial charge in [-0.3, -0.25) is 14.9 Å². The third kappa shape index (κ3) is 5.13. The molecule has 0 bridgehead atoms. The van der Waals surface area contributed by atoms with Crippen LogP contribution < -0.4 is 15.4 Å². The van der Waals surface area contributed by atoms with Gasteiger partial charge in [0.2, 0.25) is 5.91 Å². The zero-order chi connectivity index (χ0) is 18.4. The number of nitro groups is 1. The molecule has 25 heavy (non-hydrogen) atoms. The van der Waals surface area contributed by atoms with Gasteiger partial charge >= 0.3 is 6.61 Å². The number of hydrogen-bond acceptors (Lipinski definition) is 5. The molecule has 0 aliphatic carbocycles. The fourth-order valence-corrected chi connectivity index (χ4v) is 2.11. The number of carbonyl (C=O) groups is 1. The van der Waals surface area contributed by atoms with Crippen LogP contribution in [-0.2, 0) is 4.79 Å². The van der Waals surface area contributed by atoms with Crippen molar-refractivity contribution in [2.24, 2.45) is 0 Å². The van der Waals surface area contributed by atoms with Gasteiger partial charge in [0.25, 0.3) is 5.69 Å². The highest BCUT2D eigenvalue weighted by Crippen LogP contribution is 2.24. The van der Waals surface area contributed by atoms with E-state index in [2.05, 4.69) is 15.4 Å². The molecule has 0 heterocycles. The number of halogens is 2. The SMILES string of the molecule is Cc1c(NCC(=O)Nc2ccc(OC(F)F)cc2)cccc1[N+](=O)[O-]. The maximum Gasteiger partial charge on any atom is 0.387 e. The van der Waals surface area contributed by atoms with Gasteiger partial charge in [0.1, 0.15) is 5.75 Å². The molecular formula is C16H15F2N3O4. The number of nitro benzene ring substituents is 1. The predicted octanol–water partition coefficient (Wildman–Crippen LogP) is 3.56. The van der Waals surface area contributed by atoms with E-state index in [-0.39, 0.29) is 18.0 Å². The van der Waals surface area contributed by atoms with Crippen LogP contribution in [-0.4, -0.2) is 24.0 Å². The number of ether oxygens (including phenoxy) is 1. The third-order valence-electron chi connectivity index (χ3n) is 3.30. The number of nitrogens with zero attached hydrogens (tertiary/aromatic N) is 1. The highest BCUT2D eigenvalue weighted by molar-refractivity contribution is 5.93. The van der Waals surface area contributed by atoms with Gasteiger partial charge < -0.3 is 15.4 Å². The third-order valence-corrected chi connectivity index (χ3v) is 3.30. The predicted molar refractivity (Wildman–Crippen MR) is 88.0 cm³/mol. The summed E-state index contributed by atoms with van der Waals surface area (Å²) in [5.41, 5.74) is 1.27. The Balaban J connectivity index is 1.93. The molecule has 0 radical (unpaired) electrons. The van der Waals surface area contributed by atoms with Gasteiger partial charge in [-0.25, -0.2) is 0 Å². The fourth-order valence-electron chi connectivity index (χ4n) is 2.11. The summed E-state index contributed by atoms with van der Waals surface area (Å²) in [6.07, 6.45) is 0. The lowest BCUT2D eigenvalue weighted by atomic mass is 10.1. The normalized spacial score (nSPS) is 10.4. The van der Waals surface area contributed by atoms with Crippen molar-refractivity contribution in [2.45, 2.75) is 13.5 Å². The molecular weight excluding hydrogens is 336 g/mol. The lowest BCUT2D eigenvalue weighted by molar-refractivity contribution is -0.385. The number of amides is 1. The second-order valence-electron chi connectivity index (χ2n) is 5.01. The summed E-state index contributed by atoms with van der Waals surface area (Å²) in [4.78, 5) is 22.3. The van der Waals surface area contributed by atoms with E-state index in [0.29, 0.717) is 16.9 Å². The first kappa shape index (κ1) is 18.1. The molecule has 2 N–H and O–H groups in total. The van der Waals surface area contributed by atoms with Crippen LogP contribution in [0.2, 0.25) is 0 Å². The molecule has 0 saturated heterocycles. The van der Waals surface area contributed by atoms with Crippen molar-refractivity contribution in [3.05, 3.63) is 58.1 Å². The zero-order valence-corrected chi connectivity index (χ0v) is 13.2. The monoisotopic (exact) mass is 351 g/mol. The molecule has 132 valence electrons. The van der Waals surface area contributed by atoms with E-state index in [9.17, 15) is 23.7 Å². The van der Waals surface area contributed by atoms with Gasteiger partial charge in [-0.1, -0.05) is 6.07 Å². The summed E-state index contributed by atoms with van der Waals surface area (Å²) in [6, 6.07) is 9.99. The minimum atomic E-state index is -2.91. The molecule has 0 spiro atoms. The van der Waals surface area contributed by atoms with Crippen LogP contribution in [0.15, 0.2) is 42.5 Å². The van der Waals surface area contributed by atoms with E-state index in [4.69, 9.17) is 0 Å². The average Bonchev–Trinajstić information content (AvgIpc) is 2.55. The van der Waals surface area contributed by atoms with E-state index in [1.165, 1.54) is 36.4 Å². The van der Waals surface area contributed by atoms with E-state index < -0.39 is 17.4 Å². The Hall–Kier alpha value is -3.23. The number of hydrogen-bond donors (Lipinski definition) is 2. The van der Waals surface area contributed by atoms with Crippen LogP contribution in [0.25, 0.3) is 0 Å². The van der Waals surface area contributed by atoms with E-state index in [0.717, 1.165) is 0 Å². The van der Waals surface area contributed by atoms with Gasteiger partial charge in [-0.05, 0) is 37.3 Å². The molecule has 2 aromatic rings. The smallest absolute Gasteiger partial charge is 0.387 e. The molecule has 7 nitrogen and oxygen atoms in total. The Kier molecular flexibility index (Phi) is 5.83. The summed E-state index contributed by atoms with van der Waals surface area (Å²) in [6.45, 7) is -1.44. The first-order valence-electron chi connectivity index (χ1n) is 7.19. The standard InChI is InChI=1S/C16H15F2N3O4/c1-10-13(3-2-4-14(10)21(23)24)19-9-15(22)20-11-5-7-12(8-6-11)25-16(17)18/h2-8,16,19H,9H2,1H3,(H,20,22). The number of benzene rings is 2. The van der Waals surface area contributed by atoms with Crippen LogP contribution in [0.4, 0.5) is 25.8 Å². The average molecular weight is 351 g/mol. The van der Waals surface area contributed by atoms with Crippen molar-refractivity contribution in [1.29, 1.82) is 0 Å². The topological polar surface area (TPSA) is 93.5 Å². The number of carbonyl (C=O) groups excluding carboxylic acids is 1. The van der Waals surface area contributed by atoms with E-state index in [1.807, 2.05) is 0 Å². The maximum atomic E-state index is 12.1. The van der Waals surface area contributed by atoms with Gasteiger partial charge in [0, 0.05) is 23.0 Å². The molecule has 2 aromatic carbocycles. The Labute approximate surface area is 141 Å². The summed E-state index contributed by atoms with van der Waals surface area (Å²) in [7, 11) is 0. The lowest BCUT2D eigenvalue weighted by Crippen LogP contribution is -2.22. The first-order chi connectivity index (χ1) is 11.9. The molecule has 0 aliphatic rings. The Morgan fingerprint density at radius 1 is 1.24 bits per heavy atom. The molecule has 1 amide bonds. The van der Waals surface area contributed by atoms with Crippen LogP contribution in [0, 0.1) is 17.0 Å².